The molecule has 0 bridgehead atoms. The Labute approximate surface area is 210 Å². The Hall–Kier alpha value is -2.71. The van der Waals surface area contributed by atoms with E-state index in [4.69, 9.17) is 26.1 Å². The maximum absolute atomic E-state index is 13.4. The van der Waals surface area contributed by atoms with Crippen molar-refractivity contribution in [3.05, 3.63) is 67.6 Å². The largest absolute Gasteiger partial charge is 0.477 e. The lowest BCUT2D eigenvalue weighted by Gasteiger charge is -2.22. The fourth-order valence-corrected chi connectivity index (χ4v) is 5.12. The van der Waals surface area contributed by atoms with Crippen LogP contribution < -0.4 is 10.3 Å². The summed E-state index contributed by atoms with van der Waals surface area (Å²) in [5.41, 5.74) is 0.944. The molecule has 0 saturated heterocycles. The second-order valence-electron chi connectivity index (χ2n) is 8.27. The van der Waals surface area contributed by atoms with Crippen LogP contribution in [0.3, 0.4) is 0 Å². The van der Waals surface area contributed by atoms with Crippen molar-refractivity contribution in [1.29, 1.82) is 0 Å². The summed E-state index contributed by atoms with van der Waals surface area (Å²) in [4.78, 5) is 30.2. The lowest BCUT2D eigenvalue weighted by Crippen LogP contribution is -2.26. The molecular formula is C25H25BrClN3O4. The number of esters is 1. The minimum absolute atomic E-state index is 0.157. The van der Waals surface area contributed by atoms with Gasteiger partial charge in [-0.15, -0.1) is 0 Å². The minimum atomic E-state index is -0.850. The Kier molecular flexibility index (Phi) is 7.68. The highest BCUT2D eigenvalue weighted by molar-refractivity contribution is 9.10. The van der Waals surface area contributed by atoms with Gasteiger partial charge in [-0.1, -0.05) is 43.0 Å². The molecule has 1 aromatic heterocycles. The number of methoxy groups -OCH3 is 1. The molecule has 1 heterocycles. The van der Waals surface area contributed by atoms with Crippen LogP contribution in [0.4, 0.5) is 0 Å². The van der Waals surface area contributed by atoms with E-state index in [2.05, 4.69) is 21.0 Å². The van der Waals surface area contributed by atoms with E-state index < -0.39 is 12.1 Å². The summed E-state index contributed by atoms with van der Waals surface area (Å²) in [6, 6.07) is 10.6. The van der Waals surface area contributed by atoms with Gasteiger partial charge in [0.15, 0.2) is 6.10 Å². The monoisotopic (exact) mass is 545 g/mol. The second kappa shape index (κ2) is 10.7. The molecular weight excluding hydrogens is 522 g/mol. The van der Waals surface area contributed by atoms with Crippen LogP contribution in [0.1, 0.15) is 56.3 Å². The second-order valence-corrected chi connectivity index (χ2v) is 9.56. The van der Waals surface area contributed by atoms with Gasteiger partial charge >= 0.3 is 5.97 Å². The fourth-order valence-electron chi connectivity index (χ4n) is 4.19. The Morgan fingerprint density at radius 2 is 2.00 bits per heavy atom. The molecule has 0 amide bonds. The van der Waals surface area contributed by atoms with Crippen molar-refractivity contribution in [1.82, 2.24) is 9.66 Å². The van der Waals surface area contributed by atoms with Gasteiger partial charge in [-0.05, 0) is 60.0 Å². The fraction of sp³-hybridized carbons (Fsp3) is 0.360. The van der Waals surface area contributed by atoms with Crippen molar-refractivity contribution in [2.24, 2.45) is 5.10 Å². The van der Waals surface area contributed by atoms with Crippen molar-refractivity contribution in [3.63, 3.8) is 0 Å². The molecule has 0 aliphatic heterocycles. The normalized spacial score (nSPS) is 15.5. The number of para-hydroxylation sites is 1. The molecule has 34 heavy (non-hydrogen) atoms. The molecule has 7 nitrogen and oxygen atoms in total. The van der Waals surface area contributed by atoms with Crippen LogP contribution in [-0.4, -0.2) is 35.1 Å². The van der Waals surface area contributed by atoms with Crippen LogP contribution >= 0.6 is 27.5 Å². The molecule has 0 spiro atoms. The predicted octanol–water partition coefficient (Wildman–Crippen LogP) is 5.68. The van der Waals surface area contributed by atoms with Gasteiger partial charge in [-0.3, -0.25) is 4.79 Å². The van der Waals surface area contributed by atoms with Crippen molar-refractivity contribution >= 4 is 50.6 Å². The number of aromatic nitrogens is 2. The van der Waals surface area contributed by atoms with Crippen molar-refractivity contribution < 1.29 is 14.3 Å². The maximum atomic E-state index is 13.4. The maximum Gasteiger partial charge on any atom is 0.346 e. The Balaban J connectivity index is 1.81. The first-order chi connectivity index (χ1) is 16.4. The number of halogens is 2. The van der Waals surface area contributed by atoms with Crippen LogP contribution in [0.2, 0.25) is 5.02 Å². The minimum Gasteiger partial charge on any atom is -0.477 e. The van der Waals surface area contributed by atoms with E-state index in [1.165, 1.54) is 24.4 Å². The van der Waals surface area contributed by atoms with Gasteiger partial charge < -0.3 is 9.47 Å². The summed E-state index contributed by atoms with van der Waals surface area (Å²) >= 11 is 9.72. The Morgan fingerprint density at radius 1 is 1.26 bits per heavy atom. The molecule has 0 N–H and O–H groups in total. The lowest BCUT2D eigenvalue weighted by molar-refractivity contribution is -0.147. The molecule has 2 aromatic carbocycles. The zero-order valence-corrected chi connectivity index (χ0v) is 21.3. The smallest absolute Gasteiger partial charge is 0.346 e. The first-order valence-electron chi connectivity index (χ1n) is 11.2. The zero-order chi connectivity index (χ0) is 24.2. The highest BCUT2D eigenvalue weighted by Crippen LogP contribution is 2.34. The summed E-state index contributed by atoms with van der Waals surface area (Å²) in [5, 5.41) is 5.51. The van der Waals surface area contributed by atoms with Crippen LogP contribution in [0, 0.1) is 0 Å². The van der Waals surface area contributed by atoms with Crippen LogP contribution in [0.5, 0.6) is 5.75 Å². The third-order valence-corrected chi connectivity index (χ3v) is 6.73. The highest BCUT2D eigenvalue weighted by atomic mass is 79.9. The molecule has 9 heteroatoms. The first-order valence-corrected chi connectivity index (χ1v) is 12.4. The summed E-state index contributed by atoms with van der Waals surface area (Å²) in [6.45, 7) is 1.59. The van der Waals surface area contributed by atoms with Crippen LogP contribution in [0.25, 0.3) is 10.9 Å². The topological polar surface area (TPSA) is 82.8 Å². The Bertz CT molecular complexity index is 1300. The van der Waals surface area contributed by atoms with E-state index in [0.717, 1.165) is 25.7 Å². The van der Waals surface area contributed by atoms with Gasteiger partial charge in [0.05, 0.1) is 28.7 Å². The molecule has 3 aromatic rings. The summed E-state index contributed by atoms with van der Waals surface area (Å²) in [5.74, 6) is 0.668. The zero-order valence-electron chi connectivity index (χ0n) is 19.0. The van der Waals surface area contributed by atoms with Crippen molar-refractivity contribution in [3.8, 4) is 5.75 Å². The molecule has 178 valence electrons. The lowest BCUT2D eigenvalue weighted by atomic mass is 9.88. The molecule has 1 aliphatic carbocycles. The quantitative estimate of drug-likeness (QED) is 0.293. The Morgan fingerprint density at radius 3 is 2.74 bits per heavy atom. The molecule has 4 rings (SSSR count). The number of ether oxygens (including phenoxy) is 2. The van der Waals surface area contributed by atoms with E-state index in [0.29, 0.717) is 37.5 Å². The van der Waals surface area contributed by atoms with Gasteiger partial charge in [0.1, 0.15) is 11.6 Å². The van der Waals surface area contributed by atoms with Crippen molar-refractivity contribution in [2.45, 2.75) is 51.0 Å². The molecule has 0 radical (unpaired) electrons. The number of hydrogen-bond acceptors (Lipinski definition) is 6. The van der Waals surface area contributed by atoms with Crippen LogP contribution in [-0.2, 0) is 9.53 Å². The summed E-state index contributed by atoms with van der Waals surface area (Å²) < 4.78 is 12.5. The average molecular weight is 547 g/mol. The predicted molar refractivity (Wildman–Crippen MR) is 136 cm³/mol. The van der Waals surface area contributed by atoms with E-state index in [1.807, 2.05) is 18.2 Å². The summed E-state index contributed by atoms with van der Waals surface area (Å²) in [6.07, 6.45) is 5.98. The molecule has 1 saturated carbocycles. The van der Waals surface area contributed by atoms with Gasteiger partial charge in [0.25, 0.3) is 5.56 Å². The van der Waals surface area contributed by atoms with Crippen LogP contribution in [0.15, 0.2) is 50.8 Å². The van der Waals surface area contributed by atoms with E-state index in [-0.39, 0.29) is 11.5 Å². The molecule has 1 fully saturated rings. The highest BCUT2D eigenvalue weighted by Gasteiger charge is 2.23. The number of fused-ring (bicyclic) bond motifs is 1. The number of rotatable bonds is 6. The third-order valence-electron chi connectivity index (χ3n) is 5.93. The third kappa shape index (κ3) is 5.18. The number of benzene rings is 2. The SMILES string of the molecule is COC(=O)[C@@H](C)Oc1c(Br)cc(Cl)cc1C=Nn1c(C2CCCCC2)nc2ccccc2c1=O. The van der Waals surface area contributed by atoms with E-state index in [9.17, 15) is 9.59 Å². The van der Waals surface area contributed by atoms with Gasteiger partial charge in [0.2, 0.25) is 0 Å². The number of carbonyl (C=O) groups excluding carboxylic acids is 1. The number of hydrogen-bond donors (Lipinski definition) is 0. The number of nitrogens with zero attached hydrogens (tertiary/aromatic N) is 3. The molecule has 0 unspecified atom stereocenters. The van der Waals surface area contributed by atoms with E-state index in [1.54, 1.807) is 25.1 Å². The average Bonchev–Trinajstić information content (AvgIpc) is 2.85. The van der Waals surface area contributed by atoms with Gasteiger partial charge in [-0.2, -0.15) is 9.78 Å². The first kappa shape index (κ1) is 24.4. The standard InChI is InChI=1S/C25H25BrClN3O4/c1-15(25(32)33-2)34-22-17(12-18(27)13-20(22)26)14-28-30-23(16-8-4-3-5-9-16)29-21-11-7-6-10-19(21)24(30)31/h6-7,10-16H,3-5,8-9H2,1-2H3/t15-/m1/s1. The van der Waals surface area contributed by atoms with Gasteiger partial charge in [-0.25, -0.2) is 9.78 Å². The molecule has 1 aliphatic rings. The number of carbonyl (C=O) groups is 1. The molecule has 1 atom stereocenters. The van der Waals surface area contributed by atoms with Gasteiger partial charge in [0, 0.05) is 16.5 Å². The van der Waals surface area contributed by atoms with Crippen molar-refractivity contribution in [2.75, 3.05) is 7.11 Å². The van der Waals surface area contributed by atoms with E-state index >= 15 is 0 Å². The summed E-state index contributed by atoms with van der Waals surface area (Å²) in [7, 11) is 1.30.